The Labute approximate surface area is 97.0 Å². The van der Waals surface area contributed by atoms with Crippen LogP contribution in [-0.2, 0) is 0 Å². The lowest BCUT2D eigenvalue weighted by atomic mass is 10.2. The minimum atomic E-state index is 0.427. The number of halogens is 2. The topological polar surface area (TPSA) is 38.1 Å². The van der Waals surface area contributed by atoms with E-state index in [1.54, 1.807) is 18.3 Å². The molecule has 0 spiro atoms. The van der Waals surface area contributed by atoms with Crippen LogP contribution in [0.15, 0.2) is 29.0 Å². The zero-order chi connectivity index (χ0) is 10.8. The largest absolute Gasteiger partial charge is 0.432 e. The van der Waals surface area contributed by atoms with Gasteiger partial charge in [-0.2, -0.15) is 0 Å². The number of hydrogen-bond donors (Lipinski definition) is 1. The van der Waals surface area contributed by atoms with Crippen LogP contribution >= 0.6 is 23.2 Å². The quantitative estimate of drug-likeness (QED) is 0.865. The van der Waals surface area contributed by atoms with E-state index in [1.165, 1.54) is 6.26 Å². The van der Waals surface area contributed by atoms with E-state index in [-0.39, 0.29) is 0 Å². The molecule has 0 aliphatic carbocycles. The monoisotopic (exact) mass is 242 g/mol. The lowest BCUT2D eigenvalue weighted by Crippen LogP contribution is -1.93. The molecule has 0 saturated heterocycles. The number of oxazole rings is 1. The predicted octanol–water partition coefficient (Wildman–Crippen LogP) is 4.03. The minimum Gasteiger partial charge on any atom is -0.432 e. The van der Waals surface area contributed by atoms with Crippen molar-refractivity contribution in [3.05, 3.63) is 40.2 Å². The number of aryl methyl sites for hydroxylation is 1. The van der Waals surface area contributed by atoms with Crippen molar-refractivity contribution >= 4 is 34.9 Å². The van der Waals surface area contributed by atoms with Crippen molar-refractivity contribution in [3.8, 4) is 0 Å². The molecule has 0 aliphatic heterocycles. The van der Waals surface area contributed by atoms with Crippen molar-refractivity contribution in [3.63, 3.8) is 0 Å². The fraction of sp³-hybridized carbons (Fsp3) is 0.100. The van der Waals surface area contributed by atoms with Crippen LogP contribution < -0.4 is 5.32 Å². The highest BCUT2D eigenvalue weighted by molar-refractivity contribution is 6.42. The SMILES string of the molecule is Cc1cc(Cl)c(Cl)cc1Nc1ncco1. The average molecular weight is 243 g/mol. The summed E-state index contributed by atoms with van der Waals surface area (Å²) >= 11 is 11.8. The first-order valence-electron chi connectivity index (χ1n) is 4.29. The van der Waals surface area contributed by atoms with Crippen LogP contribution in [0.4, 0.5) is 11.7 Å². The van der Waals surface area contributed by atoms with Gasteiger partial charge in [-0.05, 0) is 24.6 Å². The highest BCUT2D eigenvalue weighted by Gasteiger charge is 2.06. The Morgan fingerprint density at radius 3 is 2.67 bits per heavy atom. The van der Waals surface area contributed by atoms with E-state index in [2.05, 4.69) is 10.3 Å². The maximum absolute atomic E-state index is 5.90. The van der Waals surface area contributed by atoms with Crippen LogP contribution in [0, 0.1) is 6.92 Å². The number of anilines is 2. The summed E-state index contributed by atoms with van der Waals surface area (Å²) in [7, 11) is 0. The predicted molar refractivity (Wildman–Crippen MR) is 61.0 cm³/mol. The standard InChI is InChI=1S/C10H8Cl2N2O/c1-6-4-7(11)8(12)5-9(6)14-10-13-2-3-15-10/h2-5H,1H3,(H,13,14). The molecule has 1 heterocycles. The summed E-state index contributed by atoms with van der Waals surface area (Å²) < 4.78 is 5.06. The first-order chi connectivity index (χ1) is 7.16. The zero-order valence-corrected chi connectivity index (χ0v) is 9.43. The van der Waals surface area contributed by atoms with Crippen LogP contribution in [0.5, 0.6) is 0 Å². The van der Waals surface area contributed by atoms with Gasteiger partial charge in [-0.1, -0.05) is 23.2 Å². The zero-order valence-electron chi connectivity index (χ0n) is 7.92. The summed E-state index contributed by atoms with van der Waals surface area (Å²) in [5.41, 5.74) is 1.80. The van der Waals surface area contributed by atoms with Crippen LogP contribution in [-0.4, -0.2) is 4.98 Å². The molecule has 1 N–H and O–H groups in total. The third-order valence-electron chi connectivity index (χ3n) is 1.94. The van der Waals surface area contributed by atoms with E-state index in [0.29, 0.717) is 16.1 Å². The van der Waals surface area contributed by atoms with Gasteiger partial charge in [-0.25, -0.2) is 4.98 Å². The summed E-state index contributed by atoms with van der Waals surface area (Å²) in [5, 5.41) is 4.03. The average Bonchev–Trinajstić information content (AvgIpc) is 2.67. The number of nitrogens with one attached hydrogen (secondary N) is 1. The van der Waals surface area contributed by atoms with E-state index in [4.69, 9.17) is 27.6 Å². The normalized spacial score (nSPS) is 10.3. The molecule has 0 bridgehead atoms. The van der Waals surface area contributed by atoms with Gasteiger partial charge in [-0.3, -0.25) is 0 Å². The number of aromatic nitrogens is 1. The van der Waals surface area contributed by atoms with E-state index < -0.39 is 0 Å². The highest BCUT2D eigenvalue weighted by atomic mass is 35.5. The van der Waals surface area contributed by atoms with Gasteiger partial charge in [0, 0.05) is 5.69 Å². The molecule has 0 unspecified atom stereocenters. The summed E-state index contributed by atoms with van der Waals surface area (Å²) in [6.07, 6.45) is 3.06. The molecule has 1 aromatic carbocycles. The highest BCUT2D eigenvalue weighted by Crippen LogP contribution is 2.29. The van der Waals surface area contributed by atoms with E-state index in [0.717, 1.165) is 11.3 Å². The fourth-order valence-electron chi connectivity index (χ4n) is 1.18. The van der Waals surface area contributed by atoms with Crippen molar-refractivity contribution in [1.29, 1.82) is 0 Å². The number of benzene rings is 1. The lowest BCUT2D eigenvalue weighted by Gasteiger charge is -2.07. The van der Waals surface area contributed by atoms with E-state index in [1.807, 2.05) is 6.92 Å². The fourth-order valence-corrected chi connectivity index (χ4v) is 1.56. The van der Waals surface area contributed by atoms with E-state index >= 15 is 0 Å². The molecule has 78 valence electrons. The van der Waals surface area contributed by atoms with Crippen molar-refractivity contribution in [2.45, 2.75) is 6.92 Å². The van der Waals surface area contributed by atoms with Crippen LogP contribution in [0.1, 0.15) is 5.56 Å². The summed E-state index contributed by atoms with van der Waals surface area (Å²) in [5.74, 6) is 0. The Balaban J connectivity index is 2.33. The number of hydrogen-bond acceptors (Lipinski definition) is 3. The number of nitrogens with zero attached hydrogens (tertiary/aromatic N) is 1. The lowest BCUT2D eigenvalue weighted by molar-refractivity contribution is 0.578. The van der Waals surface area contributed by atoms with Crippen molar-refractivity contribution < 1.29 is 4.42 Å². The minimum absolute atomic E-state index is 0.427. The molecule has 0 radical (unpaired) electrons. The van der Waals surface area contributed by atoms with Crippen molar-refractivity contribution in [2.24, 2.45) is 0 Å². The third-order valence-corrected chi connectivity index (χ3v) is 2.66. The Kier molecular flexibility index (Phi) is 2.84. The summed E-state index contributed by atoms with van der Waals surface area (Å²) in [6.45, 7) is 1.92. The summed E-state index contributed by atoms with van der Waals surface area (Å²) in [6, 6.07) is 3.95. The van der Waals surface area contributed by atoms with Crippen molar-refractivity contribution in [1.82, 2.24) is 4.98 Å². The van der Waals surface area contributed by atoms with Crippen LogP contribution in [0.25, 0.3) is 0 Å². The van der Waals surface area contributed by atoms with Crippen LogP contribution in [0.3, 0.4) is 0 Å². The Bertz CT molecular complexity index is 469. The molecule has 1 aromatic heterocycles. The molecule has 0 aliphatic rings. The van der Waals surface area contributed by atoms with Crippen LogP contribution in [0.2, 0.25) is 10.0 Å². The molecule has 15 heavy (non-hydrogen) atoms. The smallest absolute Gasteiger partial charge is 0.299 e. The molecule has 0 atom stereocenters. The van der Waals surface area contributed by atoms with Gasteiger partial charge in [0.05, 0.1) is 16.2 Å². The maximum Gasteiger partial charge on any atom is 0.299 e. The second kappa shape index (κ2) is 4.13. The third kappa shape index (κ3) is 2.25. The Morgan fingerprint density at radius 2 is 2.00 bits per heavy atom. The molecule has 2 rings (SSSR count). The second-order valence-corrected chi connectivity index (χ2v) is 3.86. The Hall–Kier alpha value is -1.19. The van der Waals surface area contributed by atoms with Gasteiger partial charge in [-0.15, -0.1) is 0 Å². The van der Waals surface area contributed by atoms with Gasteiger partial charge in [0.2, 0.25) is 0 Å². The molecular weight excluding hydrogens is 235 g/mol. The molecule has 0 saturated carbocycles. The first-order valence-corrected chi connectivity index (χ1v) is 5.04. The molecular formula is C10H8Cl2N2O. The van der Waals surface area contributed by atoms with E-state index in [9.17, 15) is 0 Å². The summed E-state index contributed by atoms with van der Waals surface area (Å²) in [4.78, 5) is 3.95. The van der Waals surface area contributed by atoms with Gasteiger partial charge in [0.1, 0.15) is 6.26 Å². The Morgan fingerprint density at radius 1 is 1.27 bits per heavy atom. The maximum atomic E-state index is 5.90. The molecule has 2 aromatic rings. The van der Waals surface area contributed by atoms with Gasteiger partial charge >= 0.3 is 0 Å². The van der Waals surface area contributed by atoms with Gasteiger partial charge < -0.3 is 9.73 Å². The second-order valence-electron chi connectivity index (χ2n) is 3.04. The van der Waals surface area contributed by atoms with Gasteiger partial charge in [0.15, 0.2) is 0 Å². The molecule has 0 fully saturated rings. The van der Waals surface area contributed by atoms with Gasteiger partial charge in [0.25, 0.3) is 6.01 Å². The first kappa shape index (κ1) is 10.3. The molecule has 5 heteroatoms. The molecule has 3 nitrogen and oxygen atoms in total. The number of rotatable bonds is 2. The molecule has 0 amide bonds. The van der Waals surface area contributed by atoms with Crippen molar-refractivity contribution in [2.75, 3.05) is 5.32 Å².